The number of esters is 1. The van der Waals surface area contributed by atoms with Crippen molar-refractivity contribution in [2.45, 2.75) is 111 Å². The molecule has 46 heavy (non-hydrogen) atoms. The van der Waals surface area contributed by atoms with Crippen LogP contribution in [-0.2, 0) is 30.3 Å². The Kier molecular flexibility index (Phi) is 15.6. The molecule has 3 amide bonds. The van der Waals surface area contributed by atoms with Crippen molar-refractivity contribution in [3.63, 3.8) is 0 Å². The number of benzene rings is 2. The number of aryl methyl sites for hydroxylation is 1. The molecule has 0 aromatic heterocycles. The zero-order valence-electron chi connectivity index (χ0n) is 28.6. The lowest BCUT2D eigenvalue weighted by Crippen LogP contribution is -2.54. The van der Waals surface area contributed by atoms with Gasteiger partial charge in [-0.25, -0.2) is 4.79 Å². The number of nitrogens with one attached hydrogen (secondary N) is 2. The number of unbranched alkanes of at least 4 members (excludes halogenated alkanes) is 4. The van der Waals surface area contributed by atoms with Crippen molar-refractivity contribution in [3.8, 4) is 5.75 Å². The van der Waals surface area contributed by atoms with Crippen molar-refractivity contribution in [1.29, 1.82) is 0 Å². The lowest BCUT2D eigenvalue weighted by atomic mass is 9.94. The Balaban J connectivity index is 2.58. The van der Waals surface area contributed by atoms with Gasteiger partial charge in [-0.15, -0.1) is 0 Å². The molecule has 2 aromatic carbocycles. The highest BCUT2D eigenvalue weighted by molar-refractivity contribution is 5.92. The van der Waals surface area contributed by atoms with E-state index in [-0.39, 0.29) is 38.3 Å². The summed E-state index contributed by atoms with van der Waals surface area (Å²) < 4.78 is 10.5. The number of aromatic hydroxyl groups is 1. The molecule has 0 spiro atoms. The average Bonchev–Trinajstić information content (AvgIpc) is 2.98. The lowest BCUT2D eigenvalue weighted by Gasteiger charge is -2.35. The summed E-state index contributed by atoms with van der Waals surface area (Å²) in [6.45, 7) is 13.5. The van der Waals surface area contributed by atoms with Crippen molar-refractivity contribution in [1.82, 2.24) is 15.5 Å². The first-order chi connectivity index (χ1) is 21.8. The molecule has 0 aliphatic rings. The maximum atomic E-state index is 14.7. The van der Waals surface area contributed by atoms with Gasteiger partial charge in [0.05, 0.1) is 13.0 Å². The third-order valence-corrected chi connectivity index (χ3v) is 7.59. The molecular formula is C36H53N3O7. The molecule has 10 nitrogen and oxygen atoms in total. The van der Waals surface area contributed by atoms with Crippen molar-refractivity contribution in [2.24, 2.45) is 0 Å². The van der Waals surface area contributed by atoms with Crippen LogP contribution in [0.1, 0.15) is 101 Å². The topological polar surface area (TPSA) is 134 Å². The molecule has 10 heteroatoms. The number of hydrogen-bond donors (Lipinski definition) is 3. The van der Waals surface area contributed by atoms with Crippen LogP contribution >= 0.6 is 0 Å². The molecule has 2 rings (SSSR count). The van der Waals surface area contributed by atoms with Gasteiger partial charge in [-0.05, 0) is 82.3 Å². The molecule has 3 N–H and O–H groups in total. The average molecular weight is 640 g/mol. The number of phenolic OH excluding ortho intramolecular Hbond substituents is 1. The van der Waals surface area contributed by atoms with Crippen LogP contribution in [0.2, 0.25) is 0 Å². The summed E-state index contributed by atoms with van der Waals surface area (Å²) in [5.41, 5.74) is 2.40. The normalized spacial score (nSPS) is 12.5. The first-order valence-corrected chi connectivity index (χ1v) is 16.3. The first-order valence-electron chi connectivity index (χ1n) is 16.3. The molecule has 0 aliphatic carbocycles. The second-order valence-electron chi connectivity index (χ2n) is 12.6. The first kappa shape index (κ1) is 38.1. The minimum absolute atomic E-state index is 0.00621. The minimum atomic E-state index is -1.07. The number of carbonyl (C=O) groups excluding carboxylic acids is 4. The maximum absolute atomic E-state index is 14.7. The number of alkyl carbamates (subject to hydrolysis) is 1. The summed E-state index contributed by atoms with van der Waals surface area (Å²) in [6, 6.07) is 9.95. The number of rotatable bonds is 17. The van der Waals surface area contributed by atoms with E-state index >= 15 is 0 Å². The molecule has 0 radical (unpaired) electrons. The summed E-state index contributed by atoms with van der Waals surface area (Å²) >= 11 is 0. The Hall–Kier alpha value is -4.08. The monoisotopic (exact) mass is 639 g/mol. The fourth-order valence-electron chi connectivity index (χ4n) is 5.11. The van der Waals surface area contributed by atoms with Gasteiger partial charge in [-0.1, -0.05) is 62.9 Å². The highest BCUT2D eigenvalue weighted by atomic mass is 16.6. The SMILES string of the molecule is CCCCCCCN(C(=O)C(Cc1ccc(O)cc1)NC(=O)OC(C)(C)C)C(C(=O)NCCC(=O)OCC)c1cccc(C)c1C. The highest BCUT2D eigenvalue weighted by Gasteiger charge is 2.37. The van der Waals surface area contributed by atoms with Gasteiger partial charge in [0.2, 0.25) is 11.8 Å². The second kappa shape index (κ2) is 18.8. The van der Waals surface area contributed by atoms with E-state index in [1.165, 1.54) is 12.1 Å². The van der Waals surface area contributed by atoms with Crippen molar-refractivity contribution in [2.75, 3.05) is 19.7 Å². The standard InChI is InChI=1S/C36H53N3O7/c1-8-10-11-12-13-23-39(32(29-16-14-15-25(3)26(29)4)33(42)37-22-21-31(41)45-9-2)34(43)30(38-35(44)46-36(5,6)7)24-27-17-19-28(40)20-18-27/h14-20,30,32,40H,8-13,21-24H2,1-7H3,(H,37,42)(H,38,44). The number of nitrogens with zero attached hydrogens (tertiary/aromatic N) is 1. The van der Waals surface area contributed by atoms with Crippen LogP contribution < -0.4 is 10.6 Å². The van der Waals surface area contributed by atoms with Gasteiger partial charge in [0.15, 0.2) is 0 Å². The Bertz CT molecular complexity index is 1290. The smallest absolute Gasteiger partial charge is 0.408 e. The Morgan fingerprint density at radius 2 is 1.61 bits per heavy atom. The Morgan fingerprint density at radius 3 is 2.24 bits per heavy atom. The number of phenols is 1. The van der Waals surface area contributed by atoms with Gasteiger partial charge in [-0.3, -0.25) is 14.4 Å². The van der Waals surface area contributed by atoms with Crippen molar-refractivity contribution in [3.05, 3.63) is 64.7 Å². The quantitative estimate of drug-likeness (QED) is 0.142. The summed E-state index contributed by atoms with van der Waals surface area (Å²) in [6.07, 6.45) is 3.98. The summed E-state index contributed by atoms with van der Waals surface area (Å²) in [4.78, 5) is 55.3. The van der Waals surface area contributed by atoms with Crippen LogP contribution in [0.4, 0.5) is 4.79 Å². The van der Waals surface area contributed by atoms with Crippen LogP contribution in [0.3, 0.4) is 0 Å². The fraction of sp³-hybridized carbons (Fsp3) is 0.556. The van der Waals surface area contributed by atoms with E-state index in [4.69, 9.17) is 9.47 Å². The maximum Gasteiger partial charge on any atom is 0.408 e. The summed E-state index contributed by atoms with van der Waals surface area (Å²) in [5, 5.41) is 15.4. The van der Waals surface area contributed by atoms with Crippen molar-refractivity contribution < 1.29 is 33.8 Å². The Morgan fingerprint density at radius 1 is 0.935 bits per heavy atom. The molecule has 0 aliphatic heterocycles. The highest BCUT2D eigenvalue weighted by Crippen LogP contribution is 2.28. The van der Waals surface area contributed by atoms with E-state index in [1.54, 1.807) is 44.7 Å². The van der Waals surface area contributed by atoms with E-state index in [1.807, 2.05) is 32.0 Å². The molecule has 2 atom stereocenters. The number of hydrogen-bond acceptors (Lipinski definition) is 7. The number of carbonyl (C=O) groups is 4. The van der Waals surface area contributed by atoms with E-state index < -0.39 is 41.6 Å². The zero-order chi connectivity index (χ0) is 34.3. The summed E-state index contributed by atoms with van der Waals surface area (Å²) in [5.74, 6) is -1.22. The van der Waals surface area contributed by atoms with Crippen LogP contribution in [0, 0.1) is 13.8 Å². The molecule has 254 valence electrons. The molecule has 0 saturated heterocycles. The van der Waals surface area contributed by atoms with Gasteiger partial charge in [0.25, 0.3) is 0 Å². The molecule has 2 aromatic rings. The molecule has 0 bridgehead atoms. The molecule has 0 heterocycles. The predicted octanol–water partition coefficient (Wildman–Crippen LogP) is 6.05. The van der Waals surface area contributed by atoms with E-state index in [9.17, 15) is 24.3 Å². The van der Waals surface area contributed by atoms with Crippen LogP contribution in [0.5, 0.6) is 5.75 Å². The van der Waals surface area contributed by atoms with Gasteiger partial charge >= 0.3 is 12.1 Å². The van der Waals surface area contributed by atoms with Crippen LogP contribution in [0.15, 0.2) is 42.5 Å². The van der Waals surface area contributed by atoms with Gasteiger partial charge in [0.1, 0.15) is 23.4 Å². The van der Waals surface area contributed by atoms with E-state index in [2.05, 4.69) is 17.6 Å². The van der Waals surface area contributed by atoms with Crippen molar-refractivity contribution >= 4 is 23.9 Å². The van der Waals surface area contributed by atoms with Gasteiger partial charge < -0.3 is 30.1 Å². The largest absolute Gasteiger partial charge is 0.508 e. The lowest BCUT2D eigenvalue weighted by molar-refractivity contribution is -0.144. The predicted molar refractivity (Wildman–Crippen MR) is 178 cm³/mol. The number of amides is 3. The van der Waals surface area contributed by atoms with Crippen LogP contribution in [0.25, 0.3) is 0 Å². The van der Waals surface area contributed by atoms with E-state index in [0.717, 1.165) is 36.8 Å². The minimum Gasteiger partial charge on any atom is -0.508 e. The third kappa shape index (κ3) is 12.7. The zero-order valence-corrected chi connectivity index (χ0v) is 28.6. The number of ether oxygens (including phenoxy) is 2. The fourth-order valence-corrected chi connectivity index (χ4v) is 5.11. The van der Waals surface area contributed by atoms with Gasteiger partial charge in [-0.2, -0.15) is 0 Å². The second-order valence-corrected chi connectivity index (χ2v) is 12.6. The molecular weight excluding hydrogens is 586 g/mol. The van der Waals surface area contributed by atoms with Crippen LogP contribution in [-0.4, -0.2) is 65.2 Å². The Labute approximate surface area is 274 Å². The van der Waals surface area contributed by atoms with Gasteiger partial charge in [0, 0.05) is 19.5 Å². The summed E-state index contributed by atoms with van der Waals surface area (Å²) in [7, 11) is 0. The molecule has 0 fully saturated rings. The molecule has 0 saturated carbocycles. The third-order valence-electron chi connectivity index (χ3n) is 7.59. The molecule has 2 unspecified atom stereocenters. The van der Waals surface area contributed by atoms with E-state index in [0.29, 0.717) is 17.5 Å².